The van der Waals surface area contributed by atoms with Crippen molar-refractivity contribution in [2.24, 2.45) is 5.92 Å². The summed E-state index contributed by atoms with van der Waals surface area (Å²) in [6.07, 6.45) is 28.6. The molecule has 1 unspecified atom stereocenters. The van der Waals surface area contributed by atoms with Crippen molar-refractivity contribution < 1.29 is 0 Å². The first-order chi connectivity index (χ1) is 13.2. The lowest BCUT2D eigenvalue weighted by Crippen LogP contribution is -1.95. The van der Waals surface area contributed by atoms with Crippen LogP contribution >= 0.6 is 25.8 Å². The van der Waals surface area contributed by atoms with Gasteiger partial charge < -0.3 is 0 Å². The van der Waals surface area contributed by atoms with Gasteiger partial charge in [0.15, 0.2) is 0 Å². The first-order valence-electron chi connectivity index (χ1n) is 12.2. The van der Waals surface area contributed by atoms with E-state index < -0.39 is 0 Å². The van der Waals surface area contributed by atoms with Gasteiger partial charge >= 0.3 is 16.0 Å². The predicted octanol–water partition coefficient (Wildman–Crippen LogP) is 10.6. The van der Waals surface area contributed by atoms with E-state index in [1.165, 1.54) is 128 Å². The summed E-state index contributed by atoms with van der Waals surface area (Å²) in [4.78, 5) is 0. The minimum absolute atomic E-state index is 0.0417. The predicted molar refractivity (Wildman–Crippen MR) is 136 cm³/mol. The Labute approximate surface area is 195 Å². The van der Waals surface area contributed by atoms with Crippen LogP contribution in [0.15, 0.2) is 0 Å². The SMILES string of the molecule is [Br][Mg][Br].[CH2]C(CCCCCCCCCC)CCCCCCCCCCCC. The maximum atomic E-state index is 4.37. The smallest absolute Gasteiger partial charge is 0.280 e. The van der Waals surface area contributed by atoms with E-state index in [-0.39, 0.29) is 16.0 Å². The molecule has 0 nitrogen and oxygen atoms in total. The molecule has 0 saturated carbocycles. The molecule has 0 aliphatic carbocycles. The van der Waals surface area contributed by atoms with Crippen LogP contribution in [-0.4, -0.2) is 16.0 Å². The normalized spacial score (nSPS) is 11.6. The molecule has 1 atom stereocenters. The largest absolute Gasteiger partial charge is 0.560 e. The fourth-order valence-corrected chi connectivity index (χ4v) is 3.63. The van der Waals surface area contributed by atoms with Gasteiger partial charge in [0.1, 0.15) is 0 Å². The second-order valence-corrected chi connectivity index (χ2v) is 16.3. The Balaban J connectivity index is 0. The van der Waals surface area contributed by atoms with Crippen molar-refractivity contribution in [3.05, 3.63) is 6.92 Å². The summed E-state index contributed by atoms with van der Waals surface area (Å²) >= 11 is 6.44. The molecule has 0 aliphatic rings. The third-order valence-corrected chi connectivity index (χ3v) is 5.43. The molecule has 161 valence electrons. The Kier molecular flexibility index (Phi) is 34.3. The van der Waals surface area contributed by atoms with Crippen molar-refractivity contribution in [2.45, 2.75) is 142 Å². The van der Waals surface area contributed by atoms with E-state index in [0.29, 0.717) is 0 Å². The Morgan fingerprint density at radius 3 is 1.00 bits per heavy atom. The van der Waals surface area contributed by atoms with Crippen molar-refractivity contribution >= 4 is 41.8 Å². The van der Waals surface area contributed by atoms with Crippen molar-refractivity contribution in [2.75, 3.05) is 0 Å². The molecule has 0 bridgehead atoms. The molecule has 0 heterocycles. The van der Waals surface area contributed by atoms with Gasteiger partial charge in [-0.3, -0.25) is 25.8 Å². The van der Waals surface area contributed by atoms with E-state index in [1.54, 1.807) is 0 Å². The number of hydrogen-bond acceptors (Lipinski definition) is 0. The van der Waals surface area contributed by atoms with E-state index in [1.807, 2.05) is 0 Å². The number of halogens is 2. The Morgan fingerprint density at radius 1 is 0.519 bits per heavy atom. The molecule has 0 spiro atoms. The second-order valence-electron chi connectivity index (χ2n) is 8.20. The molecule has 1 radical (unpaired) electrons. The summed E-state index contributed by atoms with van der Waals surface area (Å²) < 4.78 is 0. The van der Waals surface area contributed by atoms with Crippen LogP contribution in [0.5, 0.6) is 0 Å². The monoisotopic (exact) mass is 519 g/mol. The fraction of sp³-hybridized carbons (Fsp3) is 0.958. The lowest BCUT2D eigenvalue weighted by Gasteiger charge is -2.11. The Morgan fingerprint density at radius 2 is 0.741 bits per heavy atom. The number of hydrogen-bond donors (Lipinski definition) is 0. The van der Waals surface area contributed by atoms with E-state index >= 15 is 0 Å². The summed E-state index contributed by atoms with van der Waals surface area (Å²) in [7, 11) is 0. The van der Waals surface area contributed by atoms with Gasteiger partial charge in [0, 0.05) is 0 Å². The highest BCUT2D eigenvalue weighted by Gasteiger charge is 2.02. The minimum atomic E-state index is 0.0417. The fourth-order valence-electron chi connectivity index (χ4n) is 3.63. The number of unbranched alkanes of at least 4 members (excludes halogenated alkanes) is 16. The van der Waals surface area contributed by atoms with E-state index in [4.69, 9.17) is 0 Å². The minimum Gasteiger partial charge on any atom is -0.280 e. The average molecular weight is 522 g/mol. The zero-order valence-electron chi connectivity index (χ0n) is 18.9. The van der Waals surface area contributed by atoms with Crippen LogP contribution < -0.4 is 0 Å². The molecule has 0 rings (SSSR count). The van der Waals surface area contributed by atoms with Gasteiger partial charge in [-0.15, -0.1) is 0 Å². The molecule has 0 N–H and O–H groups in total. The van der Waals surface area contributed by atoms with Gasteiger partial charge in [-0.2, -0.15) is 0 Å². The molecular weight excluding hydrogens is 472 g/mol. The van der Waals surface area contributed by atoms with Gasteiger partial charge in [0.2, 0.25) is 0 Å². The van der Waals surface area contributed by atoms with Gasteiger partial charge in [-0.05, 0) is 5.92 Å². The van der Waals surface area contributed by atoms with Gasteiger partial charge in [-0.25, -0.2) is 0 Å². The van der Waals surface area contributed by atoms with Gasteiger partial charge in [0.25, 0.3) is 0 Å². The summed E-state index contributed by atoms with van der Waals surface area (Å²) in [5.41, 5.74) is 0. The van der Waals surface area contributed by atoms with Gasteiger partial charge in [0.05, 0.1) is 0 Å². The molecular formula is C24H49Br2Mg. The zero-order chi connectivity index (χ0) is 20.4. The zero-order valence-corrected chi connectivity index (χ0v) is 23.5. The first-order valence-corrected chi connectivity index (χ1v) is 20.0. The van der Waals surface area contributed by atoms with Crippen LogP contribution in [-0.2, 0) is 0 Å². The van der Waals surface area contributed by atoms with E-state index in [9.17, 15) is 0 Å². The maximum Gasteiger partial charge on any atom is 0.560 e. The highest BCUT2D eigenvalue weighted by molar-refractivity contribution is 9.47. The molecule has 0 amide bonds. The standard InChI is InChI=1S/C24H49.2BrH.Mg/c1-4-6-8-10-12-14-15-17-19-21-23-24(3)22-20-18-16-13-11-9-7-5-2;;;/h24H,3-23H2,1-2H3;2*1H;/q;;;+2/p-2. The summed E-state index contributed by atoms with van der Waals surface area (Å²) in [5, 5.41) is 0. The molecule has 0 aliphatic heterocycles. The molecule has 0 saturated heterocycles. The summed E-state index contributed by atoms with van der Waals surface area (Å²) in [6.45, 7) is 8.96. The molecule has 3 heteroatoms. The van der Waals surface area contributed by atoms with Crippen LogP contribution in [0.4, 0.5) is 0 Å². The number of rotatable bonds is 20. The third-order valence-electron chi connectivity index (χ3n) is 5.43. The van der Waals surface area contributed by atoms with Crippen LogP contribution in [0.3, 0.4) is 0 Å². The lowest BCUT2D eigenvalue weighted by atomic mass is 9.95. The van der Waals surface area contributed by atoms with Gasteiger partial charge in [-0.1, -0.05) is 149 Å². The van der Waals surface area contributed by atoms with Crippen LogP contribution in [0, 0.1) is 12.8 Å². The van der Waals surface area contributed by atoms with Crippen LogP contribution in [0.2, 0.25) is 0 Å². The quantitative estimate of drug-likeness (QED) is 0.110. The lowest BCUT2D eigenvalue weighted by molar-refractivity contribution is 0.460. The van der Waals surface area contributed by atoms with Crippen LogP contribution in [0.25, 0.3) is 0 Å². The summed E-state index contributed by atoms with van der Waals surface area (Å²) in [6, 6.07) is 0. The van der Waals surface area contributed by atoms with Crippen molar-refractivity contribution in [1.29, 1.82) is 0 Å². The third kappa shape index (κ3) is 32.6. The van der Waals surface area contributed by atoms with Crippen molar-refractivity contribution in [1.82, 2.24) is 0 Å². The Bertz CT molecular complexity index is 236. The highest BCUT2D eigenvalue weighted by Crippen LogP contribution is 2.18. The molecule has 0 aromatic heterocycles. The van der Waals surface area contributed by atoms with E-state index in [0.717, 1.165) is 5.92 Å². The summed E-state index contributed by atoms with van der Waals surface area (Å²) in [5.74, 6) is 0.721. The van der Waals surface area contributed by atoms with Crippen LogP contribution in [0.1, 0.15) is 142 Å². The molecule has 0 aromatic carbocycles. The molecule has 0 aromatic rings. The topological polar surface area (TPSA) is 0 Å². The maximum absolute atomic E-state index is 4.37. The second kappa shape index (κ2) is 29.9. The van der Waals surface area contributed by atoms with Crippen molar-refractivity contribution in [3.63, 3.8) is 0 Å². The van der Waals surface area contributed by atoms with Crippen molar-refractivity contribution in [3.8, 4) is 0 Å². The molecule has 0 fully saturated rings. The average Bonchev–Trinajstić information content (AvgIpc) is 2.66. The highest BCUT2D eigenvalue weighted by atomic mass is 79.9. The first kappa shape index (κ1) is 30.9. The van der Waals surface area contributed by atoms with E-state index in [2.05, 4.69) is 46.5 Å². The Hall–Kier alpha value is 1.73. The molecule has 27 heavy (non-hydrogen) atoms.